The van der Waals surface area contributed by atoms with E-state index in [4.69, 9.17) is 0 Å². The Bertz CT molecular complexity index is 1390. The first kappa shape index (κ1) is 26.0. The lowest BCUT2D eigenvalue weighted by Crippen LogP contribution is -2.52. The molecule has 3 aliphatic heterocycles. The van der Waals surface area contributed by atoms with Crippen LogP contribution in [0, 0.1) is 0 Å². The van der Waals surface area contributed by atoms with Gasteiger partial charge < -0.3 is 15.1 Å². The third-order valence-corrected chi connectivity index (χ3v) is 8.18. The number of piperidine rings is 1. The van der Waals surface area contributed by atoms with Gasteiger partial charge in [-0.3, -0.25) is 29.5 Å². The van der Waals surface area contributed by atoms with E-state index in [0.29, 0.717) is 18.5 Å². The number of imide groups is 1. The largest absolute Gasteiger partial charge is 0.508 e. The fourth-order valence-electron chi connectivity index (χ4n) is 6.09. The minimum absolute atomic E-state index is 0.00706. The Morgan fingerprint density at radius 2 is 1.45 bits per heavy atom. The molecule has 1 unspecified atom stereocenters. The van der Waals surface area contributed by atoms with Crippen LogP contribution in [-0.4, -0.2) is 74.9 Å². The zero-order chi connectivity index (χ0) is 27.8. The SMILES string of the molecule is O=C1CCC(N2Cc3cc(CN4CCN(C(c5ccc(O)cc5)c5ccc(O)cc5)CC4)ccc3C2=O)C(=O)N1. The van der Waals surface area contributed by atoms with E-state index in [-0.39, 0.29) is 35.8 Å². The van der Waals surface area contributed by atoms with E-state index in [1.165, 1.54) is 0 Å². The molecule has 2 saturated heterocycles. The van der Waals surface area contributed by atoms with E-state index in [2.05, 4.69) is 21.2 Å². The highest BCUT2D eigenvalue weighted by molar-refractivity contribution is 6.05. The number of phenolic OH excluding ortho intramolecular Hbond substituents is 2. The molecule has 1 atom stereocenters. The summed E-state index contributed by atoms with van der Waals surface area (Å²) in [5, 5.41) is 22.0. The maximum Gasteiger partial charge on any atom is 0.255 e. The standard InChI is InChI=1S/C31H32N4O5/c36-24-6-2-21(3-7-24)29(22-4-8-25(37)9-5-22)34-15-13-33(14-16-34)18-20-1-10-26-23(17-20)19-35(31(26)40)27-11-12-28(38)32-30(27)39/h1-10,17,27,29,36-37H,11-16,18-19H2,(H,32,38,39). The monoisotopic (exact) mass is 540 g/mol. The molecular weight excluding hydrogens is 508 g/mol. The van der Waals surface area contributed by atoms with Gasteiger partial charge in [-0.25, -0.2) is 0 Å². The first-order chi connectivity index (χ1) is 19.4. The Morgan fingerprint density at radius 1 is 0.825 bits per heavy atom. The molecule has 0 spiro atoms. The Labute approximate surface area is 232 Å². The number of carbonyl (C=O) groups excluding carboxylic acids is 3. The van der Waals surface area contributed by atoms with Crippen LogP contribution in [0.4, 0.5) is 0 Å². The molecule has 2 fully saturated rings. The molecule has 9 nitrogen and oxygen atoms in total. The van der Waals surface area contributed by atoms with Crippen LogP contribution in [0.3, 0.4) is 0 Å². The van der Waals surface area contributed by atoms with Crippen molar-refractivity contribution >= 4 is 17.7 Å². The summed E-state index contributed by atoms with van der Waals surface area (Å²) in [6, 6.07) is 19.9. The first-order valence-electron chi connectivity index (χ1n) is 13.7. The normalized spacial score (nSPS) is 20.2. The zero-order valence-electron chi connectivity index (χ0n) is 22.1. The second-order valence-corrected chi connectivity index (χ2v) is 10.8. The van der Waals surface area contributed by atoms with Crippen LogP contribution in [0.15, 0.2) is 66.7 Å². The fourth-order valence-corrected chi connectivity index (χ4v) is 6.09. The van der Waals surface area contributed by atoms with Crippen molar-refractivity contribution in [2.45, 2.75) is 38.0 Å². The Balaban J connectivity index is 1.12. The van der Waals surface area contributed by atoms with E-state index >= 15 is 0 Å². The van der Waals surface area contributed by atoms with Gasteiger partial charge in [0, 0.05) is 51.3 Å². The smallest absolute Gasteiger partial charge is 0.255 e. The fraction of sp³-hybridized carbons (Fsp3) is 0.323. The minimum Gasteiger partial charge on any atom is -0.508 e. The highest BCUT2D eigenvalue weighted by Gasteiger charge is 2.39. The quantitative estimate of drug-likeness (QED) is 0.412. The third-order valence-electron chi connectivity index (χ3n) is 8.18. The molecule has 6 rings (SSSR count). The van der Waals surface area contributed by atoms with Gasteiger partial charge in [0.05, 0.1) is 6.04 Å². The zero-order valence-corrected chi connectivity index (χ0v) is 22.1. The predicted octanol–water partition coefficient (Wildman–Crippen LogP) is 2.77. The van der Waals surface area contributed by atoms with Crippen molar-refractivity contribution < 1.29 is 24.6 Å². The predicted molar refractivity (Wildman–Crippen MR) is 147 cm³/mol. The number of rotatable bonds is 6. The van der Waals surface area contributed by atoms with Crippen LogP contribution in [0.1, 0.15) is 51.5 Å². The average Bonchev–Trinajstić information content (AvgIpc) is 3.27. The van der Waals surface area contributed by atoms with Crippen LogP contribution >= 0.6 is 0 Å². The summed E-state index contributed by atoms with van der Waals surface area (Å²) >= 11 is 0. The van der Waals surface area contributed by atoms with Gasteiger partial charge in [0.2, 0.25) is 11.8 Å². The van der Waals surface area contributed by atoms with Crippen molar-refractivity contribution in [3.8, 4) is 11.5 Å². The Kier molecular flexibility index (Phi) is 7.00. The average molecular weight is 541 g/mol. The Morgan fingerprint density at radius 3 is 2.05 bits per heavy atom. The summed E-state index contributed by atoms with van der Waals surface area (Å²) in [5.74, 6) is -0.374. The second kappa shape index (κ2) is 10.7. The molecule has 3 aromatic carbocycles. The van der Waals surface area contributed by atoms with Gasteiger partial charge in [0.1, 0.15) is 17.5 Å². The summed E-state index contributed by atoms with van der Waals surface area (Å²) in [6.45, 7) is 4.56. The lowest BCUT2D eigenvalue weighted by Gasteiger charge is -2.40. The number of hydrogen-bond donors (Lipinski definition) is 3. The van der Waals surface area contributed by atoms with Crippen LogP contribution in [-0.2, 0) is 22.7 Å². The van der Waals surface area contributed by atoms with Gasteiger partial charge in [0.25, 0.3) is 5.91 Å². The van der Waals surface area contributed by atoms with Crippen molar-refractivity contribution in [2.24, 2.45) is 0 Å². The maximum atomic E-state index is 13.0. The van der Waals surface area contributed by atoms with E-state index in [9.17, 15) is 24.6 Å². The van der Waals surface area contributed by atoms with E-state index in [0.717, 1.165) is 55.0 Å². The topological polar surface area (TPSA) is 113 Å². The summed E-state index contributed by atoms with van der Waals surface area (Å²) in [6.07, 6.45) is 0.602. The number of aromatic hydroxyl groups is 2. The molecule has 3 amide bonds. The summed E-state index contributed by atoms with van der Waals surface area (Å²) in [5.41, 5.74) is 4.84. The molecule has 0 aliphatic carbocycles. The van der Waals surface area contributed by atoms with E-state index in [1.54, 1.807) is 29.2 Å². The molecule has 206 valence electrons. The van der Waals surface area contributed by atoms with E-state index in [1.807, 2.05) is 36.4 Å². The number of nitrogens with zero attached hydrogens (tertiary/aromatic N) is 3. The molecule has 3 N–H and O–H groups in total. The van der Waals surface area contributed by atoms with Crippen molar-refractivity contribution in [2.75, 3.05) is 26.2 Å². The molecule has 3 aromatic rings. The third kappa shape index (κ3) is 5.17. The van der Waals surface area contributed by atoms with Gasteiger partial charge in [-0.05, 0) is 59.0 Å². The van der Waals surface area contributed by atoms with Gasteiger partial charge in [-0.2, -0.15) is 0 Å². The minimum atomic E-state index is -0.607. The number of carbonyl (C=O) groups is 3. The van der Waals surface area contributed by atoms with Crippen molar-refractivity contribution in [3.05, 3.63) is 94.5 Å². The Hall–Kier alpha value is -4.21. The first-order valence-corrected chi connectivity index (χ1v) is 13.7. The summed E-state index contributed by atoms with van der Waals surface area (Å²) in [4.78, 5) is 43.3. The highest BCUT2D eigenvalue weighted by Crippen LogP contribution is 2.32. The van der Waals surface area contributed by atoms with Gasteiger partial charge >= 0.3 is 0 Å². The molecule has 3 heterocycles. The second-order valence-electron chi connectivity index (χ2n) is 10.8. The number of nitrogens with one attached hydrogen (secondary N) is 1. The molecule has 0 saturated carbocycles. The highest BCUT2D eigenvalue weighted by atomic mass is 16.3. The molecule has 0 radical (unpaired) electrons. The number of fused-ring (bicyclic) bond motifs is 1. The lowest BCUT2D eigenvalue weighted by molar-refractivity contribution is -0.136. The number of phenols is 2. The van der Waals surface area contributed by atoms with Crippen molar-refractivity contribution in [1.29, 1.82) is 0 Å². The van der Waals surface area contributed by atoms with Crippen molar-refractivity contribution in [1.82, 2.24) is 20.0 Å². The van der Waals surface area contributed by atoms with E-state index < -0.39 is 11.9 Å². The number of benzene rings is 3. The van der Waals surface area contributed by atoms with Gasteiger partial charge in [0.15, 0.2) is 0 Å². The molecule has 3 aliphatic rings. The number of amides is 3. The summed E-state index contributed by atoms with van der Waals surface area (Å²) in [7, 11) is 0. The molecule has 0 aromatic heterocycles. The number of hydrogen-bond acceptors (Lipinski definition) is 7. The van der Waals surface area contributed by atoms with Crippen LogP contribution in [0.5, 0.6) is 11.5 Å². The van der Waals surface area contributed by atoms with Crippen LogP contribution < -0.4 is 5.32 Å². The number of piperazine rings is 1. The van der Waals surface area contributed by atoms with Gasteiger partial charge in [-0.15, -0.1) is 0 Å². The molecular formula is C31H32N4O5. The molecule has 9 heteroatoms. The summed E-state index contributed by atoms with van der Waals surface area (Å²) < 4.78 is 0. The maximum absolute atomic E-state index is 13.0. The molecule has 0 bridgehead atoms. The van der Waals surface area contributed by atoms with Crippen LogP contribution in [0.2, 0.25) is 0 Å². The lowest BCUT2D eigenvalue weighted by atomic mass is 9.96. The van der Waals surface area contributed by atoms with Crippen LogP contribution in [0.25, 0.3) is 0 Å². The molecule has 40 heavy (non-hydrogen) atoms. The van der Waals surface area contributed by atoms with Gasteiger partial charge in [-0.1, -0.05) is 36.4 Å². The van der Waals surface area contributed by atoms with Crippen molar-refractivity contribution in [3.63, 3.8) is 0 Å².